The number of hydrogen-bond donors (Lipinski definition) is 3. The molecule has 3 amide bonds. The van der Waals surface area contributed by atoms with Gasteiger partial charge in [-0.05, 0) is 49.7 Å². The molecule has 42 heavy (non-hydrogen) atoms. The Morgan fingerprint density at radius 3 is 2.57 bits per heavy atom. The van der Waals surface area contributed by atoms with E-state index in [-0.39, 0.29) is 28.8 Å². The number of methoxy groups -OCH3 is 1. The lowest BCUT2D eigenvalue weighted by Crippen LogP contribution is -2.54. The van der Waals surface area contributed by atoms with Crippen molar-refractivity contribution in [3.8, 4) is 17.0 Å². The van der Waals surface area contributed by atoms with Crippen LogP contribution in [0.4, 0.5) is 20.7 Å². The van der Waals surface area contributed by atoms with Gasteiger partial charge in [0.25, 0.3) is 5.91 Å². The van der Waals surface area contributed by atoms with Gasteiger partial charge in [0.2, 0.25) is 0 Å². The first-order chi connectivity index (χ1) is 20.2. The minimum Gasteiger partial charge on any atom is -0.494 e. The van der Waals surface area contributed by atoms with Gasteiger partial charge in [0.05, 0.1) is 24.0 Å². The van der Waals surface area contributed by atoms with Crippen LogP contribution in [0.3, 0.4) is 0 Å². The molecule has 2 aromatic carbocycles. The summed E-state index contributed by atoms with van der Waals surface area (Å²) in [6.07, 6.45) is 4.93. The molecule has 1 atom stereocenters. The van der Waals surface area contributed by atoms with Crippen LogP contribution in [-0.2, 0) is 0 Å². The molecule has 4 N–H and O–H groups in total. The van der Waals surface area contributed by atoms with Crippen molar-refractivity contribution in [3.63, 3.8) is 0 Å². The molecule has 13 heteroatoms. The number of hydrogen-bond acceptors (Lipinski definition) is 7. The molecule has 0 spiro atoms. The summed E-state index contributed by atoms with van der Waals surface area (Å²) in [6, 6.07) is 8.36. The van der Waals surface area contributed by atoms with Crippen LogP contribution in [0.15, 0.2) is 48.9 Å². The summed E-state index contributed by atoms with van der Waals surface area (Å²) in [6.45, 7) is 5.89. The van der Waals surface area contributed by atoms with Crippen molar-refractivity contribution < 1.29 is 18.7 Å². The second kappa shape index (κ2) is 12.2. The maximum absolute atomic E-state index is 14.6. The van der Waals surface area contributed by atoms with Gasteiger partial charge in [-0.25, -0.2) is 19.2 Å². The van der Waals surface area contributed by atoms with Gasteiger partial charge in [-0.15, -0.1) is 0 Å². The van der Waals surface area contributed by atoms with Crippen LogP contribution < -0.4 is 21.1 Å². The molecule has 4 aromatic rings. The third-order valence-electron chi connectivity index (χ3n) is 7.12. The van der Waals surface area contributed by atoms with Crippen LogP contribution in [0, 0.1) is 12.7 Å². The highest BCUT2D eigenvalue weighted by Gasteiger charge is 2.26. The number of anilines is 2. The van der Waals surface area contributed by atoms with Crippen molar-refractivity contribution >= 4 is 40.7 Å². The number of benzene rings is 2. The fourth-order valence-electron chi connectivity index (χ4n) is 4.86. The first kappa shape index (κ1) is 29.1. The molecule has 1 aliphatic rings. The number of rotatable bonds is 7. The smallest absolute Gasteiger partial charge is 0.317 e. The van der Waals surface area contributed by atoms with Crippen LogP contribution in [0.5, 0.6) is 5.75 Å². The molecule has 1 aliphatic heterocycles. The number of piperazine rings is 1. The SMILES string of the molecule is COc1ccc(-c2cnc3c(Nc4ccc(C(=O)N5CCN(C(=O)NC[C@H](C)N)CC5)c(C)c4)nccn23)c(Cl)c1F. The summed E-state index contributed by atoms with van der Waals surface area (Å²) >= 11 is 6.31. The van der Waals surface area contributed by atoms with Gasteiger partial charge in [-0.1, -0.05) is 11.6 Å². The Labute approximate surface area is 247 Å². The standard InChI is InChI=1S/C29H32ClFN8O3/c1-17-14-19(4-5-20(17)28(40)37-10-12-38(13-11-37)29(41)35-15-18(2)32)36-26-27-34-16-22(39(27)9-8-33-26)21-6-7-23(42-3)25(31)24(21)30/h4-9,14,16,18H,10-13,15,32H2,1-3H3,(H,33,36)(H,35,41)/t18-/m0/s1. The van der Waals surface area contributed by atoms with E-state index >= 15 is 0 Å². The van der Waals surface area contributed by atoms with Gasteiger partial charge in [0.15, 0.2) is 23.0 Å². The maximum Gasteiger partial charge on any atom is 0.317 e. The Morgan fingerprint density at radius 1 is 1.14 bits per heavy atom. The fraction of sp³-hybridized carbons (Fsp3) is 0.310. The molecule has 0 radical (unpaired) electrons. The number of carbonyl (C=O) groups is 2. The van der Waals surface area contributed by atoms with Crippen molar-refractivity contribution in [2.45, 2.75) is 19.9 Å². The van der Waals surface area contributed by atoms with E-state index < -0.39 is 5.82 Å². The molecule has 1 fully saturated rings. The number of fused-ring (bicyclic) bond motifs is 1. The number of nitrogens with one attached hydrogen (secondary N) is 2. The molecule has 2 aromatic heterocycles. The quantitative estimate of drug-likeness (QED) is 0.294. The lowest BCUT2D eigenvalue weighted by atomic mass is 10.1. The number of imidazole rings is 1. The van der Waals surface area contributed by atoms with Crippen molar-refractivity contribution in [1.29, 1.82) is 0 Å². The highest BCUT2D eigenvalue weighted by molar-refractivity contribution is 6.33. The van der Waals surface area contributed by atoms with Crippen LogP contribution in [0.25, 0.3) is 16.9 Å². The van der Waals surface area contributed by atoms with E-state index in [1.54, 1.807) is 44.9 Å². The Kier molecular flexibility index (Phi) is 8.46. The predicted octanol–water partition coefficient (Wildman–Crippen LogP) is 4.06. The average Bonchev–Trinajstić information content (AvgIpc) is 3.42. The summed E-state index contributed by atoms with van der Waals surface area (Å²) in [7, 11) is 1.38. The minimum atomic E-state index is -0.645. The predicted molar refractivity (Wildman–Crippen MR) is 159 cm³/mol. The zero-order valence-electron chi connectivity index (χ0n) is 23.5. The average molecular weight is 595 g/mol. The van der Waals surface area contributed by atoms with Gasteiger partial charge in [0.1, 0.15) is 0 Å². The van der Waals surface area contributed by atoms with E-state index in [0.717, 1.165) is 11.3 Å². The molecular weight excluding hydrogens is 563 g/mol. The summed E-state index contributed by atoms with van der Waals surface area (Å²) in [5, 5.41) is 6.02. The van der Waals surface area contributed by atoms with E-state index in [0.29, 0.717) is 61.0 Å². The normalized spacial score (nSPS) is 14.1. The molecule has 0 unspecified atom stereocenters. The van der Waals surface area contributed by atoms with E-state index in [1.165, 1.54) is 13.2 Å². The third-order valence-corrected chi connectivity index (χ3v) is 7.49. The summed E-state index contributed by atoms with van der Waals surface area (Å²) in [5.74, 6) is -0.197. The molecular formula is C29H32ClFN8O3. The lowest BCUT2D eigenvalue weighted by molar-refractivity contribution is 0.0664. The molecule has 0 aliphatic carbocycles. The van der Waals surface area contributed by atoms with Gasteiger partial charge in [-0.3, -0.25) is 9.20 Å². The minimum absolute atomic E-state index is 0.0570. The Morgan fingerprint density at radius 2 is 1.88 bits per heavy atom. The third kappa shape index (κ3) is 5.81. The van der Waals surface area contributed by atoms with E-state index in [9.17, 15) is 14.0 Å². The Balaban J connectivity index is 1.29. The first-order valence-electron chi connectivity index (χ1n) is 13.5. The molecule has 5 rings (SSSR count). The van der Waals surface area contributed by atoms with E-state index in [2.05, 4.69) is 20.6 Å². The number of aryl methyl sites for hydroxylation is 1. The maximum atomic E-state index is 14.6. The molecule has 3 heterocycles. The number of nitrogens with zero attached hydrogens (tertiary/aromatic N) is 5. The summed E-state index contributed by atoms with van der Waals surface area (Å²) < 4.78 is 21.4. The second-order valence-corrected chi connectivity index (χ2v) is 10.5. The number of halogens is 2. The molecule has 11 nitrogen and oxygen atoms in total. The fourth-order valence-corrected chi connectivity index (χ4v) is 5.11. The summed E-state index contributed by atoms with van der Waals surface area (Å²) in [4.78, 5) is 38.0. The molecule has 1 saturated heterocycles. The Hall–Kier alpha value is -4.42. The van der Waals surface area contributed by atoms with E-state index in [4.69, 9.17) is 22.1 Å². The van der Waals surface area contributed by atoms with Crippen LogP contribution >= 0.6 is 11.6 Å². The topological polar surface area (TPSA) is 130 Å². The number of amides is 3. The number of urea groups is 1. The summed E-state index contributed by atoms with van der Waals surface area (Å²) in [5.41, 5.74) is 9.37. The zero-order chi connectivity index (χ0) is 30.0. The lowest BCUT2D eigenvalue weighted by Gasteiger charge is -2.35. The molecule has 220 valence electrons. The zero-order valence-corrected chi connectivity index (χ0v) is 24.3. The highest BCUT2D eigenvalue weighted by atomic mass is 35.5. The van der Waals surface area contributed by atoms with Gasteiger partial charge < -0.3 is 30.9 Å². The monoisotopic (exact) mass is 594 g/mol. The van der Waals surface area contributed by atoms with Gasteiger partial charge >= 0.3 is 6.03 Å². The van der Waals surface area contributed by atoms with Crippen LogP contribution in [0.1, 0.15) is 22.8 Å². The first-order valence-corrected chi connectivity index (χ1v) is 13.9. The number of carbonyl (C=O) groups excluding carboxylic acids is 2. The van der Waals surface area contributed by atoms with Crippen molar-refractivity contribution in [2.24, 2.45) is 5.73 Å². The van der Waals surface area contributed by atoms with Gasteiger partial charge in [0, 0.05) is 68.0 Å². The molecule has 0 bridgehead atoms. The number of ether oxygens (including phenoxy) is 1. The number of nitrogens with two attached hydrogens (primary N) is 1. The van der Waals surface area contributed by atoms with Crippen LogP contribution in [-0.4, -0.2) is 82.0 Å². The van der Waals surface area contributed by atoms with Crippen molar-refractivity contribution in [1.82, 2.24) is 29.5 Å². The Bertz CT molecular complexity index is 1630. The number of aromatic nitrogens is 3. The highest BCUT2D eigenvalue weighted by Crippen LogP contribution is 2.35. The van der Waals surface area contributed by atoms with Crippen molar-refractivity contribution in [3.05, 3.63) is 70.9 Å². The van der Waals surface area contributed by atoms with Crippen LogP contribution in [0.2, 0.25) is 5.02 Å². The molecule has 0 saturated carbocycles. The van der Waals surface area contributed by atoms with E-state index in [1.807, 2.05) is 26.0 Å². The van der Waals surface area contributed by atoms with Gasteiger partial charge in [-0.2, -0.15) is 0 Å². The second-order valence-electron chi connectivity index (χ2n) is 10.2. The largest absolute Gasteiger partial charge is 0.494 e. The van der Waals surface area contributed by atoms with Crippen molar-refractivity contribution in [2.75, 3.05) is 45.2 Å².